The molecule has 1 N–H and O–H groups in total. The van der Waals surface area contributed by atoms with E-state index >= 15 is 0 Å². The first-order valence-corrected chi connectivity index (χ1v) is 7.55. The van der Waals surface area contributed by atoms with Crippen LogP contribution in [-0.4, -0.2) is 27.0 Å². The van der Waals surface area contributed by atoms with E-state index in [4.69, 9.17) is 21.6 Å². The minimum Gasteiger partial charge on any atom is -0.369 e. The van der Waals surface area contributed by atoms with Crippen molar-refractivity contribution in [2.45, 2.75) is 24.8 Å². The molecule has 0 aliphatic carbocycles. The first kappa shape index (κ1) is 16.4. The highest BCUT2D eigenvalue weighted by molar-refractivity contribution is 7.90. The summed E-state index contributed by atoms with van der Waals surface area (Å²) < 4.78 is 30.9. The molecule has 0 saturated heterocycles. The molecule has 1 amide bonds. The van der Waals surface area contributed by atoms with Gasteiger partial charge in [0.05, 0.1) is 15.5 Å². The smallest absolute Gasteiger partial charge is 0.264 e. The van der Waals surface area contributed by atoms with Gasteiger partial charge in [-0.15, -0.1) is 0 Å². The van der Waals surface area contributed by atoms with Gasteiger partial charge in [-0.25, -0.2) is 13.1 Å². The molecule has 0 spiro atoms. The standard InChI is InChI=1S/C12H13ClN2O4S/c1-3-19-8(2)12(16)15-20(17,18)10-4-5-11(13)9(6-10)7-14/h4-6,8H,3H2,1-2H3,(H,15,16). The number of hydrogen-bond donors (Lipinski definition) is 1. The molecule has 0 heterocycles. The fourth-order valence-electron chi connectivity index (χ4n) is 1.36. The first-order valence-electron chi connectivity index (χ1n) is 5.69. The molecule has 6 nitrogen and oxygen atoms in total. The number of carbonyl (C=O) groups is 1. The van der Waals surface area contributed by atoms with Crippen molar-refractivity contribution in [1.82, 2.24) is 4.72 Å². The van der Waals surface area contributed by atoms with Crippen LogP contribution in [0.1, 0.15) is 19.4 Å². The van der Waals surface area contributed by atoms with Crippen LogP contribution >= 0.6 is 11.6 Å². The molecule has 1 aromatic carbocycles. The van der Waals surface area contributed by atoms with Crippen molar-refractivity contribution in [3.63, 3.8) is 0 Å². The Kier molecular flexibility index (Phi) is 5.51. The van der Waals surface area contributed by atoms with E-state index in [1.165, 1.54) is 19.1 Å². The van der Waals surface area contributed by atoms with E-state index in [-0.39, 0.29) is 22.1 Å². The van der Waals surface area contributed by atoms with Crippen molar-refractivity contribution >= 4 is 27.5 Å². The molecule has 108 valence electrons. The molecule has 0 fully saturated rings. The van der Waals surface area contributed by atoms with Crippen LogP contribution < -0.4 is 4.72 Å². The molecule has 0 aliphatic heterocycles. The number of nitrogens with zero attached hydrogens (tertiary/aromatic N) is 1. The number of nitriles is 1. The lowest BCUT2D eigenvalue weighted by Crippen LogP contribution is -2.38. The average Bonchev–Trinajstić information content (AvgIpc) is 2.38. The van der Waals surface area contributed by atoms with Gasteiger partial charge in [-0.2, -0.15) is 5.26 Å². The molecule has 1 atom stereocenters. The van der Waals surface area contributed by atoms with E-state index in [1.54, 1.807) is 13.0 Å². The summed E-state index contributed by atoms with van der Waals surface area (Å²) in [6.07, 6.45) is -0.891. The molecule has 1 unspecified atom stereocenters. The van der Waals surface area contributed by atoms with Crippen molar-refractivity contribution < 1.29 is 17.9 Å². The molecule has 1 aromatic rings. The summed E-state index contributed by atoms with van der Waals surface area (Å²) in [6.45, 7) is 3.42. The third-order valence-electron chi connectivity index (χ3n) is 2.39. The van der Waals surface area contributed by atoms with Crippen molar-refractivity contribution in [3.05, 3.63) is 28.8 Å². The number of nitrogens with one attached hydrogen (secondary N) is 1. The van der Waals surface area contributed by atoms with E-state index in [0.29, 0.717) is 0 Å². The minimum atomic E-state index is -4.06. The molecule has 8 heteroatoms. The van der Waals surface area contributed by atoms with Gasteiger partial charge in [-0.05, 0) is 32.0 Å². The third kappa shape index (κ3) is 3.93. The number of rotatable bonds is 5. The molecule has 0 saturated carbocycles. The molecule has 1 rings (SSSR count). The second kappa shape index (κ2) is 6.70. The summed E-state index contributed by atoms with van der Waals surface area (Å²) in [5, 5.41) is 8.95. The van der Waals surface area contributed by atoms with Gasteiger partial charge in [-0.1, -0.05) is 11.6 Å². The van der Waals surface area contributed by atoms with E-state index < -0.39 is 22.0 Å². The number of halogens is 1. The Hall–Kier alpha value is -1.62. The fourth-order valence-corrected chi connectivity index (χ4v) is 2.59. The maximum absolute atomic E-state index is 12.0. The lowest BCUT2D eigenvalue weighted by atomic mass is 10.2. The predicted molar refractivity (Wildman–Crippen MR) is 72.6 cm³/mol. The van der Waals surface area contributed by atoms with Crippen LogP contribution in [0.4, 0.5) is 0 Å². The number of hydrogen-bond acceptors (Lipinski definition) is 5. The van der Waals surface area contributed by atoms with Gasteiger partial charge in [0, 0.05) is 6.61 Å². The van der Waals surface area contributed by atoms with Gasteiger partial charge in [-0.3, -0.25) is 4.79 Å². The Morgan fingerprint density at radius 2 is 2.20 bits per heavy atom. The molecule has 0 aromatic heterocycles. The summed E-state index contributed by atoms with van der Waals surface area (Å²) >= 11 is 5.72. The Bertz CT molecular complexity index is 652. The second-order valence-electron chi connectivity index (χ2n) is 3.82. The van der Waals surface area contributed by atoms with Gasteiger partial charge >= 0.3 is 0 Å². The number of carbonyl (C=O) groups excluding carboxylic acids is 1. The van der Waals surface area contributed by atoms with Gasteiger partial charge < -0.3 is 4.74 Å². The fraction of sp³-hybridized carbons (Fsp3) is 0.333. The van der Waals surface area contributed by atoms with Crippen LogP contribution in [0.25, 0.3) is 0 Å². The molecule has 20 heavy (non-hydrogen) atoms. The zero-order chi connectivity index (χ0) is 15.3. The van der Waals surface area contributed by atoms with Crippen LogP contribution in [0, 0.1) is 11.3 Å². The zero-order valence-electron chi connectivity index (χ0n) is 10.9. The third-order valence-corrected chi connectivity index (χ3v) is 4.06. The van der Waals surface area contributed by atoms with Crippen LogP contribution in [0.2, 0.25) is 5.02 Å². The van der Waals surface area contributed by atoms with E-state index in [2.05, 4.69) is 0 Å². The Morgan fingerprint density at radius 1 is 1.55 bits per heavy atom. The van der Waals surface area contributed by atoms with E-state index in [9.17, 15) is 13.2 Å². The van der Waals surface area contributed by atoms with Crippen LogP contribution in [0.15, 0.2) is 23.1 Å². The van der Waals surface area contributed by atoms with Crippen molar-refractivity contribution in [2.75, 3.05) is 6.61 Å². The molecule has 0 aliphatic rings. The van der Waals surface area contributed by atoms with Crippen molar-refractivity contribution in [1.29, 1.82) is 5.26 Å². The van der Waals surface area contributed by atoms with E-state index in [0.717, 1.165) is 6.07 Å². The van der Waals surface area contributed by atoms with Crippen molar-refractivity contribution in [3.8, 4) is 6.07 Å². The lowest BCUT2D eigenvalue weighted by molar-refractivity contribution is -0.129. The summed E-state index contributed by atoms with van der Waals surface area (Å²) in [5.74, 6) is -0.777. The lowest BCUT2D eigenvalue weighted by Gasteiger charge is -2.12. The second-order valence-corrected chi connectivity index (χ2v) is 5.91. The van der Waals surface area contributed by atoms with Crippen LogP contribution in [0.3, 0.4) is 0 Å². The summed E-state index contributed by atoms with van der Waals surface area (Å²) in [6, 6.07) is 5.37. The number of amides is 1. The average molecular weight is 317 g/mol. The largest absolute Gasteiger partial charge is 0.369 e. The topological polar surface area (TPSA) is 96.3 Å². The maximum Gasteiger partial charge on any atom is 0.264 e. The predicted octanol–water partition coefficient (Wildman–Crippen LogP) is 1.44. The highest BCUT2D eigenvalue weighted by Crippen LogP contribution is 2.19. The first-order chi connectivity index (χ1) is 9.31. The summed E-state index contributed by atoms with van der Waals surface area (Å²) in [7, 11) is -4.06. The summed E-state index contributed by atoms with van der Waals surface area (Å²) in [4.78, 5) is 11.4. The highest BCUT2D eigenvalue weighted by Gasteiger charge is 2.22. The van der Waals surface area contributed by atoms with Gasteiger partial charge in [0.25, 0.3) is 15.9 Å². The molecular formula is C12H13ClN2O4S. The number of sulfonamides is 1. The van der Waals surface area contributed by atoms with Crippen LogP contribution in [0.5, 0.6) is 0 Å². The number of benzene rings is 1. The minimum absolute atomic E-state index is 0.0137. The number of ether oxygens (including phenoxy) is 1. The normalized spacial score (nSPS) is 12.5. The van der Waals surface area contributed by atoms with Crippen molar-refractivity contribution in [2.24, 2.45) is 0 Å². The SMILES string of the molecule is CCOC(C)C(=O)NS(=O)(=O)c1ccc(Cl)c(C#N)c1. The van der Waals surface area contributed by atoms with Crippen LogP contribution in [-0.2, 0) is 19.6 Å². The molecule has 0 bridgehead atoms. The molecule has 0 radical (unpaired) electrons. The Labute approximate surface area is 122 Å². The van der Waals surface area contributed by atoms with E-state index in [1.807, 2.05) is 4.72 Å². The summed E-state index contributed by atoms with van der Waals surface area (Å²) in [5.41, 5.74) is 0.0137. The Morgan fingerprint density at radius 3 is 2.75 bits per heavy atom. The van der Waals surface area contributed by atoms with Gasteiger partial charge in [0.1, 0.15) is 12.2 Å². The maximum atomic E-state index is 12.0. The van der Waals surface area contributed by atoms with Gasteiger partial charge in [0.2, 0.25) is 0 Å². The van der Waals surface area contributed by atoms with Gasteiger partial charge in [0.15, 0.2) is 0 Å². The quantitative estimate of drug-likeness (QED) is 0.886. The Balaban J connectivity index is 3.01. The monoisotopic (exact) mass is 316 g/mol. The molecular weight excluding hydrogens is 304 g/mol. The highest BCUT2D eigenvalue weighted by atomic mass is 35.5. The zero-order valence-corrected chi connectivity index (χ0v) is 12.5.